The molecule has 2 N–H and O–H groups in total. The molecule has 0 fully saturated rings. The van der Waals surface area contributed by atoms with Crippen molar-refractivity contribution < 1.29 is 22.8 Å². The molecule has 1 aromatic carbocycles. The Labute approximate surface area is 184 Å². The van der Waals surface area contributed by atoms with Crippen LogP contribution in [-0.2, 0) is 27.5 Å². The first-order valence-electron chi connectivity index (χ1n) is 9.60. The summed E-state index contributed by atoms with van der Waals surface area (Å²) in [6.45, 7) is 1.55. The highest BCUT2D eigenvalue weighted by atomic mass is 32.2. The van der Waals surface area contributed by atoms with Crippen LogP contribution in [0.15, 0.2) is 52.1 Å². The van der Waals surface area contributed by atoms with Gasteiger partial charge in [0.25, 0.3) is 0 Å². The fourth-order valence-corrected chi connectivity index (χ4v) is 3.91. The standard InChI is InChI=1S/C21H21N5O5S/c1-13-16(11-24-31-13)19(27)15(10-22)20(28)26-21-23-12-18(32(2,29)30)17(25-21)9-8-14-6-4-3-5-7-14/h3-7,11-12,15,19,27H,8-9H2,1-2H3,(H,23,25,26,28). The zero-order valence-corrected chi connectivity index (χ0v) is 18.2. The summed E-state index contributed by atoms with van der Waals surface area (Å²) in [6, 6.07) is 11.2. The number of aliphatic hydroxyl groups excluding tert-OH is 1. The number of nitrogens with zero attached hydrogens (tertiary/aromatic N) is 4. The summed E-state index contributed by atoms with van der Waals surface area (Å²) in [6.07, 6.45) is 2.76. The number of anilines is 1. The topological polar surface area (TPSA) is 159 Å². The molecule has 1 amide bonds. The van der Waals surface area contributed by atoms with Gasteiger partial charge in [-0.2, -0.15) is 5.26 Å². The quantitative estimate of drug-likeness (QED) is 0.516. The highest BCUT2D eigenvalue weighted by Crippen LogP contribution is 2.25. The number of aromatic nitrogens is 3. The van der Waals surface area contributed by atoms with E-state index in [9.17, 15) is 23.6 Å². The van der Waals surface area contributed by atoms with Gasteiger partial charge in [0.05, 0.1) is 24.2 Å². The summed E-state index contributed by atoms with van der Waals surface area (Å²) in [5.41, 5.74) is 1.45. The molecule has 0 aliphatic heterocycles. The van der Waals surface area contributed by atoms with Crippen molar-refractivity contribution in [3.63, 3.8) is 0 Å². The number of rotatable bonds is 8. The van der Waals surface area contributed by atoms with Crippen molar-refractivity contribution in [2.24, 2.45) is 5.92 Å². The lowest BCUT2D eigenvalue weighted by Crippen LogP contribution is -2.28. The van der Waals surface area contributed by atoms with E-state index >= 15 is 0 Å². The van der Waals surface area contributed by atoms with Crippen LogP contribution in [0.3, 0.4) is 0 Å². The van der Waals surface area contributed by atoms with Gasteiger partial charge in [-0.25, -0.2) is 18.4 Å². The Morgan fingerprint density at radius 1 is 1.25 bits per heavy atom. The van der Waals surface area contributed by atoms with Gasteiger partial charge in [0.15, 0.2) is 15.8 Å². The van der Waals surface area contributed by atoms with Crippen molar-refractivity contribution in [2.45, 2.75) is 30.8 Å². The molecular formula is C21H21N5O5S. The number of hydrogen-bond donors (Lipinski definition) is 2. The molecule has 3 aromatic rings. The fourth-order valence-electron chi connectivity index (χ4n) is 3.09. The molecule has 2 heterocycles. The van der Waals surface area contributed by atoms with E-state index in [-0.39, 0.29) is 27.9 Å². The van der Waals surface area contributed by atoms with Crippen LogP contribution in [0, 0.1) is 24.2 Å². The minimum absolute atomic E-state index is 0.0385. The van der Waals surface area contributed by atoms with Gasteiger partial charge in [-0.05, 0) is 25.3 Å². The summed E-state index contributed by atoms with van der Waals surface area (Å²) >= 11 is 0. The van der Waals surface area contributed by atoms with Gasteiger partial charge in [0.1, 0.15) is 16.8 Å². The number of sulfone groups is 1. The number of nitriles is 1. The van der Waals surface area contributed by atoms with Crippen molar-refractivity contribution in [1.29, 1.82) is 5.26 Å². The molecule has 2 aromatic heterocycles. The van der Waals surface area contributed by atoms with E-state index in [4.69, 9.17) is 4.52 Å². The second kappa shape index (κ2) is 9.67. The van der Waals surface area contributed by atoms with Crippen molar-refractivity contribution in [1.82, 2.24) is 15.1 Å². The first kappa shape index (κ1) is 23.1. The van der Waals surface area contributed by atoms with E-state index in [1.54, 1.807) is 13.0 Å². The van der Waals surface area contributed by atoms with Crippen molar-refractivity contribution >= 4 is 21.7 Å². The maximum absolute atomic E-state index is 12.6. The Balaban J connectivity index is 1.83. The maximum Gasteiger partial charge on any atom is 0.247 e. The van der Waals surface area contributed by atoms with Crippen molar-refractivity contribution in [3.8, 4) is 6.07 Å². The third-order valence-corrected chi connectivity index (χ3v) is 5.94. The smallest absolute Gasteiger partial charge is 0.247 e. The van der Waals surface area contributed by atoms with Crippen LogP contribution in [0.1, 0.15) is 28.7 Å². The van der Waals surface area contributed by atoms with Gasteiger partial charge >= 0.3 is 0 Å². The maximum atomic E-state index is 12.6. The molecule has 11 heteroatoms. The SMILES string of the molecule is Cc1oncc1C(O)C(C#N)C(=O)Nc1ncc(S(C)(=O)=O)c(CCc2ccccc2)n1. The summed E-state index contributed by atoms with van der Waals surface area (Å²) < 4.78 is 29.2. The van der Waals surface area contributed by atoms with E-state index in [1.165, 1.54) is 6.20 Å². The molecule has 3 rings (SSSR count). The predicted octanol–water partition coefficient (Wildman–Crippen LogP) is 1.77. The molecule has 10 nitrogen and oxygen atoms in total. The van der Waals surface area contributed by atoms with Crippen LogP contribution < -0.4 is 5.32 Å². The molecule has 2 atom stereocenters. The Hall–Kier alpha value is -3.62. The molecule has 32 heavy (non-hydrogen) atoms. The zero-order valence-electron chi connectivity index (χ0n) is 17.4. The van der Waals surface area contributed by atoms with E-state index in [0.29, 0.717) is 12.8 Å². The van der Waals surface area contributed by atoms with Crippen molar-refractivity contribution in [2.75, 3.05) is 11.6 Å². The molecule has 2 unspecified atom stereocenters. The normalized spacial score (nSPS) is 13.2. The van der Waals surface area contributed by atoms with Crippen LogP contribution in [-0.4, -0.2) is 40.8 Å². The van der Waals surface area contributed by atoms with E-state index in [0.717, 1.165) is 18.0 Å². The van der Waals surface area contributed by atoms with Gasteiger partial charge < -0.3 is 9.63 Å². The summed E-state index contributed by atoms with van der Waals surface area (Å²) in [5, 5.41) is 25.7. The highest BCUT2D eigenvalue weighted by molar-refractivity contribution is 7.90. The second-order valence-corrected chi connectivity index (χ2v) is 9.12. The lowest BCUT2D eigenvalue weighted by atomic mass is 9.97. The predicted molar refractivity (Wildman–Crippen MR) is 113 cm³/mol. The number of carbonyl (C=O) groups excluding carboxylic acids is 1. The molecule has 0 saturated heterocycles. The zero-order chi connectivity index (χ0) is 23.3. The number of amides is 1. The van der Waals surface area contributed by atoms with E-state index in [2.05, 4.69) is 20.4 Å². The Kier molecular flexibility index (Phi) is 6.97. The van der Waals surface area contributed by atoms with Crippen LogP contribution in [0.4, 0.5) is 5.95 Å². The highest BCUT2D eigenvalue weighted by Gasteiger charge is 2.31. The summed E-state index contributed by atoms with van der Waals surface area (Å²) in [7, 11) is -3.60. The Morgan fingerprint density at radius 3 is 2.56 bits per heavy atom. The van der Waals surface area contributed by atoms with Gasteiger partial charge in [0.2, 0.25) is 11.9 Å². The minimum atomic E-state index is -3.60. The molecular weight excluding hydrogens is 434 g/mol. The molecule has 0 spiro atoms. The molecule has 0 radical (unpaired) electrons. The lowest BCUT2D eigenvalue weighted by molar-refractivity contribution is -0.121. The number of hydrogen-bond acceptors (Lipinski definition) is 9. The van der Waals surface area contributed by atoms with Gasteiger partial charge in [0, 0.05) is 11.8 Å². The number of carbonyl (C=O) groups is 1. The van der Waals surface area contributed by atoms with Crippen molar-refractivity contribution in [3.05, 3.63) is 65.3 Å². The van der Waals surface area contributed by atoms with Crippen LogP contribution >= 0.6 is 0 Å². The third kappa shape index (κ3) is 5.35. The van der Waals surface area contributed by atoms with Crippen LogP contribution in [0.5, 0.6) is 0 Å². The van der Waals surface area contributed by atoms with Crippen LogP contribution in [0.2, 0.25) is 0 Å². The molecule has 0 bridgehead atoms. The minimum Gasteiger partial charge on any atom is -0.386 e. The molecule has 0 aliphatic carbocycles. The summed E-state index contributed by atoms with van der Waals surface area (Å²) in [5.74, 6) is -2.22. The number of nitrogens with one attached hydrogen (secondary N) is 1. The Morgan fingerprint density at radius 2 is 1.97 bits per heavy atom. The Bertz CT molecular complexity index is 1250. The first-order valence-corrected chi connectivity index (χ1v) is 11.5. The average molecular weight is 455 g/mol. The number of aliphatic hydroxyl groups is 1. The lowest BCUT2D eigenvalue weighted by Gasteiger charge is -2.15. The number of aryl methyl sites for hydroxylation is 3. The summed E-state index contributed by atoms with van der Waals surface area (Å²) in [4.78, 5) is 20.7. The first-order chi connectivity index (χ1) is 15.2. The van der Waals surface area contributed by atoms with Gasteiger partial charge in [-0.15, -0.1) is 0 Å². The fraction of sp³-hybridized carbons (Fsp3) is 0.286. The van der Waals surface area contributed by atoms with Gasteiger partial charge in [-0.3, -0.25) is 10.1 Å². The third-order valence-electron chi connectivity index (χ3n) is 4.80. The number of benzene rings is 1. The monoisotopic (exact) mass is 455 g/mol. The average Bonchev–Trinajstić information content (AvgIpc) is 3.18. The van der Waals surface area contributed by atoms with Gasteiger partial charge in [-0.1, -0.05) is 35.5 Å². The molecule has 0 aliphatic rings. The molecule has 0 saturated carbocycles. The van der Waals surface area contributed by atoms with Crippen LogP contribution in [0.25, 0.3) is 0 Å². The second-order valence-electron chi connectivity index (χ2n) is 7.14. The van der Waals surface area contributed by atoms with E-state index in [1.807, 2.05) is 30.3 Å². The van der Waals surface area contributed by atoms with E-state index < -0.39 is 27.8 Å². The molecule has 166 valence electrons. The largest absolute Gasteiger partial charge is 0.386 e.